The summed E-state index contributed by atoms with van der Waals surface area (Å²) in [6.45, 7) is 8.30. The molecule has 24 heavy (non-hydrogen) atoms. The number of carbonyl (C=O) groups is 1. The molecule has 0 aliphatic rings. The second kappa shape index (κ2) is 7.86. The summed E-state index contributed by atoms with van der Waals surface area (Å²) in [5.41, 5.74) is 4.36. The van der Waals surface area contributed by atoms with Gasteiger partial charge in [0, 0.05) is 6.54 Å². The highest BCUT2D eigenvalue weighted by atomic mass is 16.5. The third-order valence-corrected chi connectivity index (χ3v) is 4.06. The first-order chi connectivity index (χ1) is 11.4. The summed E-state index contributed by atoms with van der Waals surface area (Å²) in [4.78, 5) is 12.3. The molecular weight excluding hydrogens is 302 g/mol. The van der Waals surface area contributed by atoms with Gasteiger partial charge in [0.1, 0.15) is 11.5 Å². The van der Waals surface area contributed by atoms with Gasteiger partial charge in [0.15, 0.2) is 6.10 Å². The lowest BCUT2D eigenvalue weighted by atomic mass is 10.1. The third kappa shape index (κ3) is 4.51. The summed E-state index contributed by atoms with van der Waals surface area (Å²) in [5.74, 6) is 1.43. The van der Waals surface area contributed by atoms with Crippen molar-refractivity contribution in [1.29, 1.82) is 0 Å². The van der Waals surface area contributed by atoms with Crippen LogP contribution in [0.15, 0.2) is 36.4 Å². The molecule has 0 aliphatic heterocycles. The van der Waals surface area contributed by atoms with E-state index in [2.05, 4.69) is 11.4 Å². The fourth-order valence-corrected chi connectivity index (χ4v) is 2.44. The van der Waals surface area contributed by atoms with Gasteiger partial charge >= 0.3 is 0 Å². The number of amides is 1. The minimum absolute atomic E-state index is 0.135. The van der Waals surface area contributed by atoms with Gasteiger partial charge in [-0.3, -0.25) is 4.79 Å². The molecule has 2 aromatic rings. The van der Waals surface area contributed by atoms with Gasteiger partial charge in [0.05, 0.1) is 7.11 Å². The summed E-state index contributed by atoms with van der Waals surface area (Å²) >= 11 is 0. The Kier molecular flexibility index (Phi) is 5.85. The predicted octanol–water partition coefficient (Wildman–Crippen LogP) is 3.70. The van der Waals surface area contributed by atoms with Crippen LogP contribution in [0.25, 0.3) is 0 Å². The van der Waals surface area contributed by atoms with Gasteiger partial charge in [-0.1, -0.05) is 18.2 Å². The van der Waals surface area contributed by atoms with E-state index in [0.29, 0.717) is 6.54 Å². The largest absolute Gasteiger partial charge is 0.497 e. The normalized spacial score (nSPS) is 11.7. The van der Waals surface area contributed by atoms with Crippen LogP contribution < -0.4 is 14.8 Å². The van der Waals surface area contributed by atoms with E-state index in [0.717, 1.165) is 33.8 Å². The van der Waals surface area contributed by atoms with Gasteiger partial charge in [-0.15, -0.1) is 0 Å². The summed E-state index contributed by atoms with van der Waals surface area (Å²) in [6, 6.07) is 11.7. The Balaban J connectivity index is 1.94. The maximum Gasteiger partial charge on any atom is 0.261 e. The molecule has 0 aromatic heterocycles. The van der Waals surface area contributed by atoms with Crippen LogP contribution in [0.1, 0.15) is 29.2 Å². The molecule has 128 valence electrons. The van der Waals surface area contributed by atoms with Crippen LogP contribution in [-0.2, 0) is 11.3 Å². The van der Waals surface area contributed by atoms with Crippen LogP contribution in [0.4, 0.5) is 0 Å². The summed E-state index contributed by atoms with van der Waals surface area (Å²) < 4.78 is 11.0. The lowest BCUT2D eigenvalue weighted by Crippen LogP contribution is -2.36. The number of aryl methyl sites for hydroxylation is 2. The standard InChI is InChI=1S/C20H25NO3/c1-13-10-14(2)15(3)19(11-13)24-16(4)20(22)21-12-17-6-8-18(23-5)9-7-17/h6-11,16H,12H2,1-5H3,(H,21,22)/t16-/m0/s1. The van der Waals surface area contributed by atoms with E-state index in [1.165, 1.54) is 0 Å². The number of benzene rings is 2. The Morgan fingerprint density at radius 1 is 1.12 bits per heavy atom. The van der Waals surface area contributed by atoms with Gasteiger partial charge < -0.3 is 14.8 Å². The lowest BCUT2D eigenvalue weighted by Gasteiger charge is -2.18. The average Bonchev–Trinajstić information content (AvgIpc) is 2.57. The predicted molar refractivity (Wildman–Crippen MR) is 95.6 cm³/mol. The van der Waals surface area contributed by atoms with Crippen LogP contribution in [0.3, 0.4) is 0 Å². The van der Waals surface area contributed by atoms with E-state index < -0.39 is 6.10 Å². The van der Waals surface area contributed by atoms with Crippen molar-refractivity contribution in [3.8, 4) is 11.5 Å². The molecule has 0 aliphatic carbocycles. The maximum absolute atomic E-state index is 12.3. The molecule has 4 nitrogen and oxygen atoms in total. The van der Waals surface area contributed by atoms with E-state index in [1.54, 1.807) is 14.0 Å². The molecule has 0 bridgehead atoms. The first kappa shape index (κ1) is 17.9. The smallest absolute Gasteiger partial charge is 0.261 e. The van der Waals surface area contributed by atoms with E-state index in [4.69, 9.17) is 9.47 Å². The number of methoxy groups -OCH3 is 1. The Morgan fingerprint density at radius 3 is 2.42 bits per heavy atom. The molecule has 0 radical (unpaired) electrons. The summed E-state index contributed by atoms with van der Waals surface area (Å²) in [6.07, 6.45) is -0.553. The lowest BCUT2D eigenvalue weighted by molar-refractivity contribution is -0.127. The van der Waals surface area contributed by atoms with Crippen molar-refractivity contribution in [1.82, 2.24) is 5.32 Å². The fourth-order valence-electron chi connectivity index (χ4n) is 2.44. The fraction of sp³-hybridized carbons (Fsp3) is 0.350. The van der Waals surface area contributed by atoms with Crippen molar-refractivity contribution < 1.29 is 14.3 Å². The topological polar surface area (TPSA) is 47.6 Å². The van der Waals surface area contributed by atoms with Gasteiger partial charge in [-0.25, -0.2) is 0 Å². The number of carbonyl (C=O) groups excluding carboxylic acids is 1. The number of rotatable bonds is 6. The number of nitrogens with one attached hydrogen (secondary N) is 1. The van der Waals surface area contributed by atoms with Crippen LogP contribution in [0.2, 0.25) is 0 Å². The molecule has 2 rings (SSSR count). The van der Waals surface area contributed by atoms with E-state index in [-0.39, 0.29) is 5.91 Å². The van der Waals surface area contributed by atoms with Crippen molar-refractivity contribution in [3.63, 3.8) is 0 Å². The SMILES string of the molecule is COc1ccc(CNC(=O)[C@H](C)Oc2cc(C)cc(C)c2C)cc1. The van der Waals surface area contributed by atoms with Crippen molar-refractivity contribution >= 4 is 5.91 Å². The van der Waals surface area contributed by atoms with Gasteiger partial charge in [0.2, 0.25) is 0 Å². The highest BCUT2D eigenvalue weighted by Crippen LogP contribution is 2.24. The van der Waals surface area contributed by atoms with Crippen LogP contribution in [0.5, 0.6) is 11.5 Å². The minimum atomic E-state index is -0.553. The zero-order valence-electron chi connectivity index (χ0n) is 15.0. The Bertz CT molecular complexity index is 708. The van der Waals surface area contributed by atoms with E-state index in [1.807, 2.05) is 51.1 Å². The van der Waals surface area contributed by atoms with Crippen LogP contribution >= 0.6 is 0 Å². The molecule has 0 saturated carbocycles. The third-order valence-electron chi connectivity index (χ3n) is 4.06. The maximum atomic E-state index is 12.3. The first-order valence-corrected chi connectivity index (χ1v) is 8.06. The second-order valence-electron chi connectivity index (χ2n) is 6.03. The molecule has 0 spiro atoms. The molecule has 2 aromatic carbocycles. The minimum Gasteiger partial charge on any atom is -0.497 e. The molecule has 1 atom stereocenters. The highest BCUT2D eigenvalue weighted by molar-refractivity contribution is 5.80. The Hall–Kier alpha value is -2.49. The zero-order chi connectivity index (χ0) is 17.7. The molecule has 4 heteroatoms. The molecule has 1 amide bonds. The highest BCUT2D eigenvalue weighted by Gasteiger charge is 2.16. The number of hydrogen-bond donors (Lipinski definition) is 1. The molecular formula is C20H25NO3. The molecule has 0 unspecified atom stereocenters. The van der Waals surface area contributed by atoms with E-state index >= 15 is 0 Å². The second-order valence-corrected chi connectivity index (χ2v) is 6.03. The first-order valence-electron chi connectivity index (χ1n) is 8.06. The van der Waals surface area contributed by atoms with Gasteiger partial charge in [-0.05, 0) is 68.1 Å². The quantitative estimate of drug-likeness (QED) is 0.880. The van der Waals surface area contributed by atoms with Crippen LogP contribution in [0, 0.1) is 20.8 Å². The van der Waals surface area contributed by atoms with Gasteiger partial charge in [-0.2, -0.15) is 0 Å². The van der Waals surface area contributed by atoms with Crippen LogP contribution in [-0.4, -0.2) is 19.1 Å². The Labute approximate surface area is 143 Å². The summed E-state index contributed by atoms with van der Waals surface area (Å²) in [7, 11) is 1.63. The summed E-state index contributed by atoms with van der Waals surface area (Å²) in [5, 5.41) is 2.90. The van der Waals surface area contributed by atoms with Crippen molar-refractivity contribution in [2.75, 3.05) is 7.11 Å². The van der Waals surface area contributed by atoms with E-state index in [9.17, 15) is 4.79 Å². The molecule has 0 fully saturated rings. The average molecular weight is 327 g/mol. The van der Waals surface area contributed by atoms with Crippen molar-refractivity contribution in [3.05, 3.63) is 58.7 Å². The zero-order valence-corrected chi connectivity index (χ0v) is 15.0. The molecule has 1 N–H and O–H groups in total. The number of ether oxygens (including phenoxy) is 2. The molecule has 0 saturated heterocycles. The monoisotopic (exact) mass is 327 g/mol. The van der Waals surface area contributed by atoms with Crippen molar-refractivity contribution in [2.45, 2.75) is 40.3 Å². The number of hydrogen-bond acceptors (Lipinski definition) is 3. The van der Waals surface area contributed by atoms with Crippen molar-refractivity contribution in [2.24, 2.45) is 0 Å². The Morgan fingerprint density at radius 2 is 1.79 bits per heavy atom. The van der Waals surface area contributed by atoms with Gasteiger partial charge in [0.25, 0.3) is 5.91 Å². The molecule has 0 heterocycles.